The molecule has 12 heteroatoms. The third-order valence-corrected chi connectivity index (χ3v) is 6.39. The van der Waals surface area contributed by atoms with Gasteiger partial charge in [-0.2, -0.15) is 4.98 Å². The number of amides is 1. The van der Waals surface area contributed by atoms with E-state index in [0.717, 1.165) is 0 Å². The Morgan fingerprint density at radius 2 is 1.94 bits per heavy atom. The van der Waals surface area contributed by atoms with Crippen LogP contribution in [-0.4, -0.2) is 43.2 Å². The quantitative estimate of drug-likeness (QED) is 0.389. The van der Waals surface area contributed by atoms with E-state index >= 15 is 0 Å². The van der Waals surface area contributed by atoms with Crippen molar-refractivity contribution in [2.45, 2.75) is 44.7 Å². The molecule has 0 aliphatic heterocycles. The van der Waals surface area contributed by atoms with E-state index in [1.165, 1.54) is 12.1 Å². The molecule has 0 radical (unpaired) electrons. The summed E-state index contributed by atoms with van der Waals surface area (Å²) in [6, 6.07) is 2.07. The zero-order valence-corrected chi connectivity index (χ0v) is 19.4. The number of imidazole rings is 1. The largest absolute Gasteiger partial charge is 0.394 e. The van der Waals surface area contributed by atoms with Gasteiger partial charge in [0.1, 0.15) is 11.3 Å². The van der Waals surface area contributed by atoms with Gasteiger partial charge < -0.3 is 21.5 Å². The fourth-order valence-corrected chi connectivity index (χ4v) is 4.61. The van der Waals surface area contributed by atoms with Crippen LogP contribution in [0.1, 0.15) is 38.6 Å². The maximum Gasteiger partial charge on any atom is 0.225 e. The molecule has 33 heavy (non-hydrogen) atoms. The highest BCUT2D eigenvalue weighted by Crippen LogP contribution is 2.39. The number of aromatic nitrogens is 4. The minimum atomic E-state index is -0.548. The molecular formula is C21H24Cl2FN7O2. The van der Waals surface area contributed by atoms with Crippen molar-refractivity contribution >= 4 is 57.9 Å². The van der Waals surface area contributed by atoms with Crippen LogP contribution in [0.15, 0.2) is 18.3 Å². The Balaban J connectivity index is 1.77. The summed E-state index contributed by atoms with van der Waals surface area (Å²) >= 11 is 12.5. The second-order valence-electron chi connectivity index (χ2n) is 8.21. The lowest BCUT2D eigenvalue weighted by molar-refractivity contribution is -0.122. The SMILES string of the molecule is C[C@H](CO)Nc1ncc2nc(Nc3c(Cl)cc(F)cc3Cl)n([C@H]3CC[C@H](C(N)=O)CC3)c2n1. The monoisotopic (exact) mass is 495 g/mol. The molecule has 0 unspecified atom stereocenters. The first kappa shape index (κ1) is 23.5. The summed E-state index contributed by atoms with van der Waals surface area (Å²) < 4.78 is 15.6. The standard InChI is InChI=1S/C21H24Cl2FN7O2/c1-10(9-32)27-20-26-8-16-19(30-20)31(13-4-2-11(3-5-13)18(25)33)21(28-16)29-17-14(22)6-12(24)7-15(17)23/h6-8,10-11,13,32H,2-5,9H2,1H3,(H2,25,33)(H,28,29)(H,26,27,30)/t10-,11-,13-/m1/s1. The molecule has 1 saturated carbocycles. The number of fused-ring (bicyclic) bond motifs is 1. The molecular weight excluding hydrogens is 472 g/mol. The minimum Gasteiger partial charge on any atom is -0.394 e. The molecule has 0 saturated heterocycles. The third-order valence-electron chi connectivity index (χ3n) is 5.79. The van der Waals surface area contributed by atoms with Gasteiger partial charge in [-0.1, -0.05) is 23.2 Å². The number of nitrogens with two attached hydrogens (primary N) is 1. The van der Waals surface area contributed by atoms with Crippen molar-refractivity contribution in [1.29, 1.82) is 0 Å². The molecule has 0 bridgehead atoms. The van der Waals surface area contributed by atoms with Gasteiger partial charge in [-0.3, -0.25) is 9.36 Å². The number of hydrogen-bond acceptors (Lipinski definition) is 7. The van der Waals surface area contributed by atoms with E-state index in [1.54, 1.807) is 6.20 Å². The van der Waals surface area contributed by atoms with E-state index in [0.29, 0.717) is 54.4 Å². The number of nitrogens with one attached hydrogen (secondary N) is 2. The zero-order valence-electron chi connectivity index (χ0n) is 17.9. The summed E-state index contributed by atoms with van der Waals surface area (Å²) in [6.45, 7) is 1.73. The highest BCUT2D eigenvalue weighted by atomic mass is 35.5. The van der Waals surface area contributed by atoms with Crippen molar-refractivity contribution in [2.24, 2.45) is 11.7 Å². The first-order chi connectivity index (χ1) is 15.8. The predicted octanol–water partition coefficient (Wildman–Crippen LogP) is 4.03. The highest BCUT2D eigenvalue weighted by molar-refractivity contribution is 6.39. The topological polar surface area (TPSA) is 131 Å². The number of aliphatic hydroxyl groups is 1. The molecule has 1 fully saturated rings. The number of carbonyl (C=O) groups excluding carboxylic acids is 1. The van der Waals surface area contributed by atoms with Crippen LogP contribution in [0.3, 0.4) is 0 Å². The Kier molecular flexibility index (Phi) is 6.87. The number of aliphatic hydroxyl groups excluding tert-OH is 1. The number of rotatable bonds is 7. The van der Waals surface area contributed by atoms with E-state index in [2.05, 4.69) is 25.6 Å². The zero-order chi connectivity index (χ0) is 23.7. The Bertz CT molecular complexity index is 1160. The first-order valence-electron chi connectivity index (χ1n) is 10.6. The van der Waals surface area contributed by atoms with Gasteiger partial charge in [-0.25, -0.2) is 14.4 Å². The lowest BCUT2D eigenvalue weighted by atomic mass is 9.85. The summed E-state index contributed by atoms with van der Waals surface area (Å²) in [7, 11) is 0. The Morgan fingerprint density at radius 3 is 2.55 bits per heavy atom. The van der Waals surface area contributed by atoms with Crippen LogP contribution < -0.4 is 16.4 Å². The first-order valence-corrected chi connectivity index (χ1v) is 11.4. The van der Waals surface area contributed by atoms with Crippen molar-refractivity contribution in [3.05, 3.63) is 34.2 Å². The van der Waals surface area contributed by atoms with Crippen LogP contribution in [0.25, 0.3) is 11.2 Å². The summed E-state index contributed by atoms with van der Waals surface area (Å²) in [4.78, 5) is 25.2. The molecule has 0 spiro atoms. The molecule has 5 N–H and O–H groups in total. The van der Waals surface area contributed by atoms with Gasteiger partial charge in [0.15, 0.2) is 5.65 Å². The van der Waals surface area contributed by atoms with Crippen molar-refractivity contribution in [3.8, 4) is 0 Å². The fourth-order valence-electron chi connectivity index (χ4n) is 4.05. The van der Waals surface area contributed by atoms with Gasteiger partial charge in [-0.05, 0) is 44.7 Å². The number of nitrogens with zero attached hydrogens (tertiary/aromatic N) is 4. The molecule has 3 aromatic rings. The predicted molar refractivity (Wildman–Crippen MR) is 125 cm³/mol. The molecule has 176 valence electrons. The maximum atomic E-state index is 13.7. The normalized spacial score (nSPS) is 19.4. The van der Waals surface area contributed by atoms with Gasteiger partial charge in [0.05, 0.1) is 28.5 Å². The van der Waals surface area contributed by atoms with Crippen molar-refractivity contribution in [1.82, 2.24) is 19.5 Å². The number of halogens is 3. The van der Waals surface area contributed by atoms with Gasteiger partial charge >= 0.3 is 0 Å². The summed E-state index contributed by atoms with van der Waals surface area (Å²) in [5, 5.41) is 15.7. The smallest absolute Gasteiger partial charge is 0.225 e. The number of carbonyl (C=O) groups is 1. The van der Waals surface area contributed by atoms with E-state index in [9.17, 15) is 14.3 Å². The molecule has 1 aliphatic rings. The lowest BCUT2D eigenvalue weighted by Gasteiger charge is -2.29. The summed E-state index contributed by atoms with van der Waals surface area (Å²) in [6.07, 6.45) is 4.26. The number of anilines is 3. The molecule has 1 atom stereocenters. The Labute approximate surface area is 199 Å². The molecule has 9 nitrogen and oxygen atoms in total. The molecule has 2 aromatic heterocycles. The van der Waals surface area contributed by atoms with Crippen molar-refractivity contribution < 1.29 is 14.3 Å². The molecule has 4 rings (SSSR count). The summed E-state index contributed by atoms with van der Waals surface area (Å²) in [5.74, 6) is -0.233. The second-order valence-corrected chi connectivity index (χ2v) is 9.03. The van der Waals surface area contributed by atoms with Crippen molar-refractivity contribution in [2.75, 3.05) is 17.2 Å². The average Bonchev–Trinajstić information content (AvgIpc) is 3.13. The average molecular weight is 496 g/mol. The molecule has 1 amide bonds. The van der Waals surface area contributed by atoms with Crippen LogP contribution in [0.5, 0.6) is 0 Å². The highest BCUT2D eigenvalue weighted by Gasteiger charge is 2.29. The van der Waals surface area contributed by atoms with Gasteiger partial charge in [-0.15, -0.1) is 0 Å². The lowest BCUT2D eigenvalue weighted by Crippen LogP contribution is -2.29. The Hall–Kier alpha value is -2.69. The maximum absolute atomic E-state index is 13.7. The molecule has 2 heterocycles. The van der Waals surface area contributed by atoms with Crippen LogP contribution in [0.2, 0.25) is 10.0 Å². The van der Waals surface area contributed by atoms with Gasteiger partial charge in [0.2, 0.25) is 17.8 Å². The fraction of sp³-hybridized carbons (Fsp3) is 0.429. The van der Waals surface area contributed by atoms with Crippen LogP contribution in [0, 0.1) is 11.7 Å². The van der Waals surface area contributed by atoms with Crippen LogP contribution in [-0.2, 0) is 4.79 Å². The summed E-state index contributed by atoms with van der Waals surface area (Å²) in [5.41, 5.74) is 6.92. The number of primary amides is 1. The minimum absolute atomic E-state index is 0.0240. The van der Waals surface area contributed by atoms with Crippen LogP contribution >= 0.6 is 23.2 Å². The van der Waals surface area contributed by atoms with Crippen LogP contribution in [0.4, 0.5) is 22.0 Å². The van der Waals surface area contributed by atoms with E-state index in [1.807, 2.05) is 11.5 Å². The van der Waals surface area contributed by atoms with E-state index < -0.39 is 5.82 Å². The van der Waals surface area contributed by atoms with E-state index in [4.69, 9.17) is 28.9 Å². The van der Waals surface area contributed by atoms with E-state index in [-0.39, 0.29) is 40.6 Å². The third kappa shape index (κ3) is 4.97. The molecule has 1 aliphatic carbocycles. The second kappa shape index (κ2) is 9.66. The van der Waals surface area contributed by atoms with Gasteiger partial charge in [0.25, 0.3) is 0 Å². The number of hydrogen-bond donors (Lipinski definition) is 4. The number of benzene rings is 1. The Morgan fingerprint density at radius 1 is 1.27 bits per heavy atom. The molecule has 1 aromatic carbocycles. The van der Waals surface area contributed by atoms with Crippen molar-refractivity contribution in [3.63, 3.8) is 0 Å². The van der Waals surface area contributed by atoms with Gasteiger partial charge in [0, 0.05) is 18.0 Å².